The molecule has 2 aliphatic heterocycles. The van der Waals surface area contributed by atoms with Crippen LogP contribution in [0.4, 0.5) is 62.6 Å². The number of hydrogen-bond acceptors (Lipinski definition) is 5. The molecule has 1 spiro atoms. The highest BCUT2D eigenvalue weighted by molar-refractivity contribution is 6.23. The highest BCUT2D eigenvalue weighted by Crippen LogP contribution is 2.72. The van der Waals surface area contributed by atoms with Crippen molar-refractivity contribution >= 4 is 84.5 Å². The Morgan fingerprint density at radius 1 is 0.370 bits per heavy atom. The van der Waals surface area contributed by atoms with Crippen molar-refractivity contribution in [3.8, 4) is 22.3 Å². The molecule has 0 N–H and O–H groups in total. The van der Waals surface area contributed by atoms with Gasteiger partial charge in [-0.25, -0.2) is 0 Å². The van der Waals surface area contributed by atoms with E-state index >= 15 is 0 Å². The minimum absolute atomic E-state index is 0.0389. The van der Waals surface area contributed by atoms with Gasteiger partial charge in [-0.05, 0) is 191 Å². The van der Waals surface area contributed by atoms with Crippen LogP contribution in [0.15, 0.2) is 229 Å². The molecular weight excluding hydrogens is 1120 g/mol. The van der Waals surface area contributed by atoms with Crippen molar-refractivity contribution in [2.75, 3.05) is 26.6 Å². The Bertz CT molecular complexity index is 4880. The van der Waals surface area contributed by atoms with Crippen LogP contribution in [0.2, 0.25) is 0 Å². The smallest absolute Gasteiger partial charge is 0.160 e. The van der Waals surface area contributed by atoms with Crippen molar-refractivity contribution in [3.63, 3.8) is 0 Å². The minimum atomic E-state index is -0.932. The van der Waals surface area contributed by atoms with Crippen LogP contribution in [0.3, 0.4) is 0 Å². The monoisotopic (exact) mass is 1200 g/mol. The van der Waals surface area contributed by atoms with Gasteiger partial charge in [-0.1, -0.05) is 230 Å². The van der Waals surface area contributed by atoms with Gasteiger partial charge in [-0.3, -0.25) is 0 Å². The Hall–Kier alpha value is -9.58. The zero-order chi connectivity index (χ0) is 63.9. The van der Waals surface area contributed by atoms with Gasteiger partial charge < -0.3 is 24.0 Å². The van der Waals surface area contributed by atoms with E-state index in [2.05, 4.69) is 348 Å². The van der Waals surface area contributed by atoms with Gasteiger partial charge in [0.25, 0.3) is 0 Å². The van der Waals surface area contributed by atoms with Crippen molar-refractivity contribution in [1.29, 1.82) is 0 Å². The maximum absolute atomic E-state index is 7.64. The molecule has 92 heavy (non-hydrogen) atoms. The summed E-state index contributed by atoms with van der Waals surface area (Å²) in [5.74, 6) is 0. The third kappa shape index (κ3) is 8.22. The van der Waals surface area contributed by atoms with Gasteiger partial charge in [0.1, 0.15) is 5.58 Å². The second kappa shape index (κ2) is 19.7. The number of benzene rings is 11. The molecule has 3 heterocycles. The van der Waals surface area contributed by atoms with Crippen LogP contribution in [0.1, 0.15) is 153 Å². The molecule has 16 rings (SSSR count). The van der Waals surface area contributed by atoms with E-state index in [0.717, 1.165) is 67.4 Å². The Morgan fingerprint density at radius 3 is 1.34 bits per heavy atom. The van der Waals surface area contributed by atoms with Crippen LogP contribution >= 0.6 is 0 Å². The van der Waals surface area contributed by atoms with Crippen LogP contribution in [0.25, 0.3) is 44.2 Å². The lowest BCUT2D eigenvalue weighted by molar-refractivity contribution is 0.590. The molecule has 0 saturated heterocycles. The van der Waals surface area contributed by atoms with E-state index < -0.39 is 10.8 Å². The summed E-state index contributed by atoms with van der Waals surface area (Å²) in [6, 6.07) is 86.3. The lowest BCUT2D eigenvalue weighted by Crippen LogP contribution is -2.39. The van der Waals surface area contributed by atoms with Crippen molar-refractivity contribution in [1.82, 2.24) is 0 Å². The third-order valence-corrected chi connectivity index (χ3v) is 21.0. The summed E-state index contributed by atoms with van der Waals surface area (Å²) >= 11 is 0. The van der Waals surface area contributed by atoms with Gasteiger partial charge in [0, 0.05) is 46.0 Å². The Morgan fingerprint density at radius 2 is 0.793 bits per heavy atom. The second-order valence-electron chi connectivity index (χ2n) is 31.0. The number of fused-ring (bicyclic) bond motifs is 19. The number of anilines is 11. The normalized spacial score (nSPS) is 15.9. The van der Waals surface area contributed by atoms with Crippen molar-refractivity contribution in [3.05, 3.63) is 280 Å². The highest BCUT2D eigenvalue weighted by atomic mass is 16.3. The van der Waals surface area contributed by atoms with Gasteiger partial charge in [0.2, 0.25) is 0 Å². The number of furan rings is 1. The molecule has 0 radical (unpaired) electrons. The number of hydrogen-bond donors (Lipinski definition) is 0. The average molecular weight is 1200 g/mol. The van der Waals surface area contributed by atoms with Gasteiger partial charge in [-0.15, -0.1) is 0 Å². The highest BCUT2D eigenvalue weighted by Gasteiger charge is 2.57. The summed E-state index contributed by atoms with van der Waals surface area (Å²) in [4.78, 5) is 10.1. The molecule has 4 aliphatic rings. The molecule has 0 fully saturated rings. The Balaban J connectivity index is 1.12. The zero-order valence-corrected chi connectivity index (χ0v) is 56.1. The topological polar surface area (TPSA) is 26.1 Å². The van der Waals surface area contributed by atoms with E-state index in [0.29, 0.717) is 0 Å². The first-order valence-corrected chi connectivity index (χ1v) is 33.1. The zero-order valence-electron chi connectivity index (χ0n) is 56.1. The van der Waals surface area contributed by atoms with Crippen LogP contribution in [-0.2, 0) is 32.5 Å². The fourth-order valence-corrected chi connectivity index (χ4v) is 16.2. The summed E-state index contributed by atoms with van der Waals surface area (Å²) in [6.45, 7) is 32.6. The van der Waals surface area contributed by atoms with E-state index in [1.54, 1.807) is 0 Å². The molecule has 456 valence electrons. The molecule has 5 nitrogen and oxygen atoms in total. The molecule has 0 amide bonds. The lowest BCUT2D eigenvalue weighted by Gasteiger charge is -2.49. The van der Waals surface area contributed by atoms with E-state index in [9.17, 15) is 0 Å². The van der Waals surface area contributed by atoms with E-state index in [1.807, 2.05) is 0 Å². The summed E-state index contributed by atoms with van der Waals surface area (Å²) in [6.07, 6.45) is 0. The number of para-hydroxylation sites is 5. The number of rotatable bonds is 6. The first kappa shape index (κ1) is 57.6. The second-order valence-corrected chi connectivity index (χ2v) is 31.0. The minimum Gasteiger partial charge on any atom is -0.454 e. The van der Waals surface area contributed by atoms with Crippen molar-refractivity contribution < 1.29 is 4.42 Å². The Labute approximate surface area is 544 Å². The summed E-state index contributed by atoms with van der Waals surface area (Å²) < 4.78 is 7.64. The SMILES string of the molecule is CN1c2ccccc2N2c3ccccc3C3(c4cc(N(c5ccc(C(C)(C)C)cc5)c5ccc(C(C)(C)C)cc5)c5c(c4-c4c3cc(N(c3ccc(C(C)(C)C)cc3)c3ccc(C(C)(C)C)cc3)c3oc6ccccc6c43)-c3ccccc3C5(C)C)c3cccc1c32. The summed E-state index contributed by atoms with van der Waals surface area (Å²) in [7, 11) is 2.25. The molecular formula is C87H82N4O. The molecule has 2 aliphatic carbocycles. The van der Waals surface area contributed by atoms with Crippen LogP contribution in [0, 0.1) is 0 Å². The molecule has 0 bridgehead atoms. The maximum atomic E-state index is 7.64. The maximum Gasteiger partial charge on any atom is 0.160 e. The predicted octanol–water partition coefficient (Wildman–Crippen LogP) is 24.2. The largest absolute Gasteiger partial charge is 0.454 e. The molecule has 0 saturated carbocycles. The van der Waals surface area contributed by atoms with Gasteiger partial charge in [-0.2, -0.15) is 0 Å². The standard InChI is InChI=1S/C87H82N4O/c1-82(2,3)53-35-43-57(44-36-53)89(58-45-37-54(38-46-58)83(4,5)6)72-51-66-77(75-61-25-16-18-27-63(61)86(13,14)79(72)75)78-67(87(66)64-28-19-20-30-68(64)91-70-32-22-21-31-69(70)88(15)71-33-24-29-65(87)80(71)91)52-73(81-76(78)62-26-17-23-34-74(62)92-81)90(59-47-39-55(40-48-59)84(7,8)9)60-49-41-56(42-50-60)85(10,11)12/h16-52H,1-15H3. The number of nitrogens with zero attached hydrogens (tertiary/aromatic N) is 4. The quantitative estimate of drug-likeness (QED) is 0.165. The van der Waals surface area contributed by atoms with Crippen molar-refractivity contribution in [2.45, 2.75) is 129 Å². The van der Waals surface area contributed by atoms with Crippen molar-refractivity contribution in [2.24, 2.45) is 0 Å². The fourth-order valence-electron chi connectivity index (χ4n) is 16.2. The fraction of sp³-hybridized carbons (Fsp3) is 0.241. The van der Waals surface area contributed by atoms with Crippen LogP contribution < -0.4 is 19.6 Å². The summed E-state index contributed by atoms with van der Waals surface area (Å²) in [5, 5.41) is 2.21. The van der Waals surface area contributed by atoms with E-state index in [-0.39, 0.29) is 21.7 Å². The first-order valence-electron chi connectivity index (χ1n) is 33.1. The van der Waals surface area contributed by atoms with Crippen LogP contribution in [0.5, 0.6) is 0 Å². The molecule has 5 heteroatoms. The van der Waals surface area contributed by atoms with E-state index in [4.69, 9.17) is 4.42 Å². The molecule has 12 aromatic rings. The molecule has 1 atom stereocenters. The summed E-state index contributed by atoms with van der Waals surface area (Å²) in [5.41, 5.74) is 30.2. The average Bonchev–Trinajstić information content (AvgIpc) is 1.44. The van der Waals surface area contributed by atoms with Crippen LogP contribution in [-0.4, -0.2) is 7.05 Å². The Kier molecular flexibility index (Phi) is 12.3. The molecule has 1 aromatic heterocycles. The lowest BCUT2D eigenvalue weighted by atomic mass is 9.63. The molecule has 11 aromatic carbocycles. The first-order chi connectivity index (χ1) is 43.9. The third-order valence-electron chi connectivity index (χ3n) is 21.0. The van der Waals surface area contributed by atoms with Gasteiger partial charge in [0.05, 0.1) is 45.2 Å². The van der Waals surface area contributed by atoms with Gasteiger partial charge in [0.15, 0.2) is 5.58 Å². The van der Waals surface area contributed by atoms with Gasteiger partial charge >= 0.3 is 0 Å². The predicted molar refractivity (Wildman–Crippen MR) is 389 cm³/mol. The molecule has 1 unspecified atom stereocenters. The van der Waals surface area contributed by atoms with E-state index in [1.165, 1.54) is 95.0 Å².